The predicted octanol–water partition coefficient (Wildman–Crippen LogP) is 2.36. The summed E-state index contributed by atoms with van der Waals surface area (Å²) in [6.45, 7) is -0.179. The van der Waals surface area contributed by atoms with Gasteiger partial charge in [-0.05, 0) is 37.0 Å². The van der Waals surface area contributed by atoms with E-state index in [1.165, 1.54) is 18.4 Å². The van der Waals surface area contributed by atoms with Gasteiger partial charge in [0.15, 0.2) is 18.1 Å². The number of carbonyl (C=O) groups is 2. The molecular weight excluding hydrogens is 328 g/mol. The van der Waals surface area contributed by atoms with Crippen molar-refractivity contribution in [3.63, 3.8) is 0 Å². The number of hydrogen-bond acceptors (Lipinski definition) is 5. The highest BCUT2D eigenvalue weighted by Crippen LogP contribution is 2.38. The molecule has 0 aliphatic heterocycles. The topological polar surface area (TPSA) is 90.7 Å². The van der Waals surface area contributed by atoms with Gasteiger partial charge in [0.1, 0.15) is 5.00 Å². The van der Waals surface area contributed by atoms with Crippen molar-refractivity contribution in [1.82, 2.24) is 0 Å². The molecule has 0 spiro atoms. The maximum atomic E-state index is 12.2. The summed E-state index contributed by atoms with van der Waals surface area (Å²) in [6, 6.07) is 7.09. The van der Waals surface area contributed by atoms with E-state index in [0.717, 1.165) is 29.7 Å². The molecule has 126 valence electrons. The van der Waals surface area contributed by atoms with Crippen LogP contribution in [0.2, 0.25) is 0 Å². The first-order valence-electron chi connectivity index (χ1n) is 7.60. The van der Waals surface area contributed by atoms with Crippen LogP contribution in [0.1, 0.15) is 27.2 Å². The number of aryl methyl sites for hydroxylation is 1. The smallest absolute Gasteiger partial charge is 0.262 e. The SMILES string of the molecule is COc1ccccc1OCC(=O)Nc1sc2c(c1C(N)=O)CCC2. The zero-order chi connectivity index (χ0) is 17.1. The van der Waals surface area contributed by atoms with Crippen LogP contribution in [-0.4, -0.2) is 25.5 Å². The zero-order valence-corrected chi connectivity index (χ0v) is 14.1. The first kappa shape index (κ1) is 16.3. The molecule has 2 aromatic rings. The second-order valence-corrected chi connectivity index (χ2v) is 6.52. The van der Waals surface area contributed by atoms with E-state index in [9.17, 15) is 9.59 Å². The van der Waals surface area contributed by atoms with E-state index in [0.29, 0.717) is 22.1 Å². The quantitative estimate of drug-likeness (QED) is 0.840. The number of amides is 2. The molecule has 0 saturated heterocycles. The van der Waals surface area contributed by atoms with Gasteiger partial charge in [-0.15, -0.1) is 11.3 Å². The van der Waals surface area contributed by atoms with Gasteiger partial charge in [-0.2, -0.15) is 0 Å². The van der Waals surface area contributed by atoms with Gasteiger partial charge in [0, 0.05) is 4.88 Å². The van der Waals surface area contributed by atoms with E-state index >= 15 is 0 Å². The van der Waals surface area contributed by atoms with Crippen LogP contribution in [0.4, 0.5) is 5.00 Å². The maximum Gasteiger partial charge on any atom is 0.262 e. The fourth-order valence-corrected chi connectivity index (χ4v) is 4.11. The molecule has 0 fully saturated rings. The molecule has 1 aliphatic rings. The van der Waals surface area contributed by atoms with Crippen LogP contribution in [0.25, 0.3) is 0 Å². The van der Waals surface area contributed by atoms with Gasteiger partial charge in [0.25, 0.3) is 11.8 Å². The molecule has 2 amide bonds. The number of fused-ring (bicyclic) bond motifs is 1. The molecule has 3 rings (SSSR count). The lowest BCUT2D eigenvalue weighted by molar-refractivity contribution is -0.118. The number of thiophene rings is 1. The molecule has 0 radical (unpaired) electrons. The van der Waals surface area contributed by atoms with Gasteiger partial charge in [-0.25, -0.2) is 0 Å². The highest BCUT2D eigenvalue weighted by Gasteiger charge is 2.26. The normalized spacial score (nSPS) is 12.5. The van der Waals surface area contributed by atoms with E-state index in [-0.39, 0.29) is 12.5 Å². The first-order chi connectivity index (χ1) is 11.6. The maximum absolute atomic E-state index is 12.2. The van der Waals surface area contributed by atoms with Crippen molar-refractivity contribution in [2.45, 2.75) is 19.3 Å². The number of methoxy groups -OCH3 is 1. The molecule has 0 bridgehead atoms. The zero-order valence-electron chi connectivity index (χ0n) is 13.3. The van der Waals surface area contributed by atoms with Crippen LogP contribution in [0.15, 0.2) is 24.3 Å². The Labute approximate surface area is 143 Å². The van der Waals surface area contributed by atoms with Crippen LogP contribution < -0.4 is 20.5 Å². The van der Waals surface area contributed by atoms with Gasteiger partial charge in [0.05, 0.1) is 12.7 Å². The summed E-state index contributed by atoms with van der Waals surface area (Å²) >= 11 is 1.42. The van der Waals surface area contributed by atoms with Crippen molar-refractivity contribution in [3.05, 3.63) is 40.3 Å². The summed E-state index contributed by atoms with van der Waals surface area (Å²) in [4.78, 5) is 25.0. The number of ether oxygens (including phenoxy) is 2. The van der Waals surface area contributed by atoms with Crippen LogP contribution in [0, 0.1) is 0 Å². The van der Waals surface area contributed by atoms with E-state index in [1.807, 2.05) is 6.07 Å². The Hall–Kier alpha value is -2.54. The Bertz CT molecular complexity index is 785. The Balaban J connectivity index is 1.69. The van der Waals surface area contributed by atoms with Gasteiger partial charge in [-0.3, -0.25) is 9.59 Å². The number of para-hydroxylation sites is 2. The summed E-state index contributed by atoms with van der Waals surface area (Å²) < 4.78 is 10.7. The van der Waals surface area contributed by atoms with E-state index in [4.69, 9.17) is 15.2 Å². The van der Waals surface area contributed by atoms with Crippen molar-refractivity contribution >= 4 is 28.2 Å². The van der Waals surface area contributed by atoms with Crippen molar-refractivity contribution in [2.75, 3.05) is 19.0 Å². The lowest BCUT2D eigenvalue weighted by Crippen LogP contribution is -2.22. The van der Waals surface area contributed by atoms with E-state index in [2.05, 4.69) is 5.32 Å². The predicted molar refractivity (Wildman–Crippen MR) is 92.0 cm³/mol. The molecule has 6 nitrogen and oxygen atoms in total. The number of hydrogen-bond donors (Lipinski definition) is 2. The number of nitrogens with one attached hydrogen (secondary N) is 1. The average Bonchev–Trinajstić information content (AvgIpc) is 3.13. The average molecular weight is 346 g/mol. The molecular formula is C17H18N2O4S. The van der Waals surface area contributed by atoms with Crippen LogP contribution >= 0.6 is 11.3 Å². The van der Waals surface area contributed by atoms with Crippen LogP contribution in [0.5, 0.6) is 11.5 Å². The number of rotatable bonds is 6. The third-order valence-electron chi connectivity index (χ3n) is 3.85. The minimum absolute atomic E-state index is 0.179. The van der Waals surface area contributed by atoms with Crippen LogP contribution in [-0.2, 0) is 17.6 Å². The fraction of sp³-hybridized carbons (Fsp3) is 0.294. The number of benzene rings is 1. The summed E-state index contributed by atoms with van der Waals surface area (Å²) in [5.41, 5.74) is 6.90. The molecule has 1 heterocycles. The van der Waals surface area contributed by atoms with Crippen molar-refractivity contribution < 1.29 is 19.1 Å². The third kappa shape index (κ3) is 3.21. The second-order valence-electron chi connectivity index (χ2n) is 5.41. The van der Waals surface area contributed by atoms with Crippen molar-refractivity contribution in [1.29, 1.82) is 0 Å². The molecule has 0 unspecified atom stereocenters. The minimum atomic E-state index is -0.504. The standard InChI is InChI=1S/C17H18N2O4S/c1-22-11-6-2-3-7-12(11)23-9-14(20)19-17-15(16(18)21)10-5-4-8-13(10)24-17/h2-3,6-7H,4-5,8-9H2,1H3,(H2,18,21)(H,19,20). The number of nitrogens with two attached hydrogens (primary N) is 1. The minimum Gasteiger partial charge on any atom is -0.493 e. The lowest BCUT2D eigenvalue weighted by atomic mass is 10.1. The number of anilines is 1. The van der Waals surface area contributed by atoms with Crippen molar-refractivity contribution in [2.24, 2.45) is 5.73 Å². The second kappa shape index (κ2) is 6.92. The number of primary amides is 1. The highest BCUT2D eigenvalue weighted by molar-refractivity contribution is 7.17. The molecule has 3 N–H and O–H groups in total. The Kier molecular flexibility index (Phi) is 4.71. The molecule has 0 atom stereocenters. The van der Waals surface area contributed by atoms with Gasteiger partial charge >= 0.3 is 0 Å². The summed E-state index contributed by atoms with van der Waals surface area (Å²) in [6.07, 6.45) is 2.78. The van der Waals surface area contributed by atoms with Gasteiger partial charge in [0.2, 0.25) is 0 Å². The summed E-state index contributed by atoms with van der Waals surface area (Å²) in [5, 5.41) is 3.26. The molecule has 1 aromatic carbocycles. The fourth-order valence-electron chi connectivity index (χ4n) is 2.80. The molecule has 0 saturated carbocycles. The number of carbonyl (C=O) groups excluding carboxylic acids is 2. The Morgan fingerprint density at radius 1 is 1.25 bits per heavy atom. The largest absolute Gasteiger partial charge is 0.493 e. The summed E-state index contributed by atoms with van der Waals surface area (Å²) in [7, 11) is 1.54. The van der Waals surface area contributed by atoms with Crippen LogP contribution in [0.3, 0.4) is 0 Å². The molecule has 7 heteroatoms. The van der Waals surface area contributed by atoms with Gasteiger partial charge in [-0.1, -0.05) is 12.1 Å². The third-order valence-corrected chi connectivity index (χ3v) is 5.06. The van der Waals surface area contributed by atoms with Crippen molar-refractivity contribution in [3.8, 4) is 11.5 Å². The monoisotopic (exact) mass is 346 g/mol. The molecule has 1 aliphatic carbocycles. The Morgan fingerprint density at radius 2 is 2.00 bits per heavy atom. The molecule has 24 heavy (non-hydrogen) atoms. The lowest BCUT2D eigenvalue weighted by Gasteiger charge is -2.10. The highest BCUT2D eigenvalue weighted by atomic mass is 32.1. The van der Waals surface area contributed by atoms with E-state index in [1.54, 1.807) is 18.2 Å². The Morgan fingerprint density at radius 3 is 2.71 bits per heavy atom. The summed E-state index contributed by atoms with van der Waals surface area (Å²) in [5.74, 6) is 0.191. The molecule has 1 aromatic heterocycles. The van der Waals surface area contributed by atoms with Gasteiger partial charge < -0.3 is 20.5 Å². The first-order valence-corrected chi connectivity index (χ1v) is 8.41. The van der Waals surface area contributed by atoms with E-state index < -0.39 is 5.91 Å².